The number of thioether (sulfide) groups is 1. The van der Waals surface area contributed by atoms with Crippen LogP contribution in [0.4, 0.5) is 5.82 Å². The lowest BCUT2D eigenvalue weighted by molar-refractivity contribution is 0.0800. The number of imidazole rings is 1. The average molecular weight is 513 g/mol. The Morgan fingerprint density at radius 1 is 1.18 bits per heavy atom. The molecule has 0 radical (unpaired) electrons. The van der Waals surface area contributed by atoms with Crippen molar-refractivity contribution in [1.29, 1.82) is 0 Å². The number of aromatic amines is 1. The first-order valence-corrected chi connectivity index (χ1v) is 13.0. The van der Waals surface area contributed by atoms with Gasteiger partial charge in [-0.3, -0.25) is 4.79 Å². The maximum Gasteiger partial charge on any atom is 0.256 e. The van der Waals surface area contributed by atoms with Crippen LogP contribution in [0, 0.1) is 0 Å². The molecule has 2 aromatic heterocycles. The first kappa shape index (κ1) is 23.0. The van der Waals surface area contributed by atoms with Crippen LogP contribution in [0.15, 0.2) is 48.8 Å². The number of fused-ring (bicyclic) bond motifs is 2. The normalized spacial score (nSPS) is 14.3. The van der Waals surface area contributed by atoms with Crippen LogP contribution in [-0.2, 0) is 0 Å². The number of carbonyl (C=O) groups is 1. The zero-order chi connectivity index (χ0) is 23.7. The van der Waals surface area contributed by atoms with Gasteiger partial charge in [0.2, 0.25) is 0 Å². The van der Waals surface area contributed by atoms with E-state index in [9.17, 15) is 4.79 Å². The average Bonchev–Trinajstić information content (AvgIpc) is 3.51. The van der Waals surface area contributed by atoms with Crippen LogP contribution in [0.5, 0.6) is 0 Å². The van der Waals surface area contributed by atoms with Gasteiger partial charge >= 0.3 is 0 Å². The predicted octanol–water partition coefficient (Wildman–Crippen LogP) is 5.73. The number of halogens is 2. The van der Waals surface area contributed by atoms with Gasteiger partial charge in [-0.2, -0.15) is 11.8 Å². The first-order chi connectivity index (χ1) is 16.5. The summed E-state index contributed by atoms with van der Waals surface area (Å²) in [6.45, 7) is 1.17. The number of rotatable bonds is 7. The van der Waals surface area contributed by atoms with Crippen molar-refractivity contribution in [2.45, 2.75) is 12.5 Å². The fraction of sp³-hybridized carbons (Fsp3) is 0.250. The summed E-state index contributed by atoms with van der Waals surface area (Å²) in [6, 6.07) is 9.00. The number of nitrogens with zero attached hydrogens (tertiary/aromatic N) is 4. The Bertz CT molecular complexity index is 1400. The molecule has 0 fully saturated rings. The standard InChI is InChI=1S/C24H22Cl2N6OS/c1-34-9-6-19(23-29-18-5-4-14(25)10-21(18)31-23)30-22-16-11-17(26)15(12-20(16)27-13-28-22)24(33)32-7-2-3-8-32/h2-5,10-13,19H,6-9H2,1H3,(H,29,31)(H,27,28,30)/t19-/m0/s1. The molecule has 0 saturated carbocycles. The lowest BCUT2D eigenvalue weighted by atomic mass is 10.1. The molecule has 0 spiro atoms. The largest absolute Gasteiger partial charge is 0.359 e. The van der Waals surface area contributed by atoms with Gasteiger partial charge < -0.3 is 15.2 Å². The molecule has 0 aliphatic carbocycles. The highest BCUT2D eigenvalue weighted by atomic mass is 35.5. The number of anilines is 1. The molecule has 4 aromatic rings. The van der Waals surface area contributed by atoms with E-state index in [1.165, 1.54) is 6.33 Å². The van der Waals surface area contributed by atoms with Crippen LogP contribution in [0.2, 0.25) is 10.0 Å². The molecule has 34 heavy (non-hydrogen) atoms. The van der Waals surface area contributed by atoms with Crippen molar-refractivity contribution < 1.29 is 4.79 Å². The van der Waals surface area contributed by atoms with E-state index in [-0.39, 0.29) is 11.9 Å². The highest BCUT2D eigenvalue weighted by molar-refractivity contribution is 7.98. The summed E-state index contributed by atoms with van der Waals surface area (Å²) in [5.74, 6) is 2.27. The Morgan fingerprint density at radius 3 is 2.79 bits per heavy atom. The second-order valence-electron chi connectivity index (χ2n) is 8.01. The number of carbonyl (C=O) groups excluding carboxylic acids is 1. The summed E-state index contributed by atoms with van der Waals surface area (Å²) in [6.07, 6.45) is 8.33. The Balaban J connectivity index is 1.49. The second kappa shape index (κ2) is 9.82. The lowest BCUT2D eigenvalue weighted by Crippen LogP contribution is -2.28. The number of amides is 1. The molecule has 1 aliphatic heterocycles. The maximum atomic E-state index is 12.9. The van der Waals surface area contributed by atoms with E-state index in [2.05, 4.69) is 26.5 Å². The molecular weight excluding hydrogens is 491 g/mol. The Labute approximate surface area is 211 Å². The predicted molar refractivity (Wildman–Crippen MR) is 140 cm³/mol. The van der Waals surface area contributed by atoms with Gasteiger partial charge in [0.15, 0.2) is 0 Å². The van der Waals surface area contributed by atoms with Gasteiger partial charge in [-0.25, -0.2) is 15.0 Å². The smallest absolute Gasteiger partial charge is 0.256 e. The number of H-pyrrole nitrogens is 1. The van der Waals surface area contributed by atoms with Crippen LogP contribution in [-0.4, -0.2) is 55.8 Å². The molecule has 1 amide bonds. The molecule has 0 saturated heterocycles. The highest BCUT2D eigenvalue weighted by Gasteiger charge is 2.22. The van der Waals surface area contributed by atoms with Crippen LogP contribution in [0.25, 0.3) is 21.9 Å². The molecule has 2 aromatic carbocycles. The quantitative estimate of drug-likeness (QED) is 0.307. The highest BCUT2D eigenvalue weighted by Crippen LogP contribution is 2.31. The van der Waals surface area contributed by atoms with Gasteiger partial charge in [0.05, 0.1) is 33.2 Å². The Hall–Kier alpha value is -2.81. The zero-order valence-corrected chi connectivity index (χ0v) is 20.7. The van der Waals surface area contributed by atoms with E-state index in [1.54, 1.807) is 28.8 Å². The summed E-state index contributed by atoms with van der Waals surface area (Å²) in [5.41, 5.74) is 2.83. The van der Waals surface area contributed by atoms with E-state index < -0.39 is 0 Å². The Kier molecular flexibility index (Phi) is 6.63. The third kappa shape index (κ3) is 4.58. The number of nitrogens with one attached hydrogen (secondary N) is 2. The van der Waals surface area contributed by atoms with Crippen molar-refractivity contribution >= 4 is 68.6 Å². The molecule has 10 heteroatoms. The second-order valence-corrected chi connectivity index (χ2v) is 9.84. The fourth-order valence-corrected chi connectivity index (χ4v) is 4.89. The molecule has 2 N–H and O–H groups in total. The number of hydrogen-bond acceptors (Lipinski definition) is 6. The summed E-state index contributed by atoms with van der Waals surface area (Å²) in [4.78, 5) is 31.7. The summed E-state index contributed by atoms with van der Waals surface area (Å²) >= 11 is 14.5. The Morgan fingerprint density at radius 2 is 2.00 bits per heavy atom. The molecule has 3 heterocycles. The van der Waals surface area contributed by atoms with Crippen LogP contribution >= 0.6 is 35.0 Å². The van der Waals surface area contributed by atoms with Crippen molar-refractivity contribution in [2.24, 2.45) is 0 Å². The van der Waals surface area contributed by atoms with Gasteiger partial charge in [0, 0.05) is 23.5 Å². The van der Waals surface area contributed by atoms with E-state index in [0.29, 0.717) is 40.0 Å². The van der Waals surface area contributed by atoms with E-state index in [1.807, 2.05) is 30.4 Å². The third-order valence-electron chi connectivity index (χ3n) is 5.78. The van der Waals surface area contributed by atoms with Gasteiger partial charge in [0.1, 0.15) is 18.0 Å². The van der Waals surface area contributed by atoms with Gasteiger partial charge in [0.25, 0.3) is 5.91 Å². The van der Waals surface area contributed by atoms with Crippen molar-refractivity contribution in [3.63, 3.8) is 0 Å². The molecule has 0 bridgehead atoms. The van der Waals surface area contributed by atoms with E-state index in [4.69, 9.17) is 28.2 Å². The lowest BCUT2D eigenvalue weighted by Gasteiger charge is -2.19. The molecule has 1 aliphatic rings. The fourth-order valence-electron chi connectivity index (χ4n) is 4.01. The van der Waals surface area contributed by atoms with Crippen molar-refractivity contribution in [3.05, 3.63) is 70.2 Å². The molecular formula is C24H22Cl2N6OS. The van der Waals surface area contributed by atoms with Gasteiger partial charge in [-0.1, -0.05) is 35.4 Å². The first-order valence-electron chi connectivity index (χ1n) is 10.8. The number of hydrogen-bond donors (Lipinski definition) is 2. The van der Waals surface area contributed by atoms with Crippen LogP contribution < -0.4 is 5.32 Å². The SMILES string of the molecule is CSCC[C@H](Nc1ncnc2cc(C(=O)N3CC=CC3)c(Cl)cc12)c1nc2cc(Cl)ccc2[nH]1. The molecule has 5 rings (SSSR count). The molecule has 174 valence electrons. The monoisotopic (exact) mass is 512 g/mol. The summed E-state index contributed by atoms with van der Waals surface area (Å²) in [7, 11) is 0. The minimum atomic E-state index is -0.118. The summed E-state index contributed by atoms with van der Waals surface area (Å²) < 4.78 is 0. The molecule has 0 unspecified atom stereocenters. The summed E-state index contributed by atoms with van der Waals surface area (Å²) in [5, 5.41) is 5.29. The van der Waals surface area contributed by atoms with Gasteiger partial charge in [-0.05, 0) is 48.8 Å². The van der Waals surface area contributed by atoms with Crippen molar-refractivity contribution in [2.75, 3.05) is 30.4 Å². The maximum absolute atomic E-state index is 12.9. The number of aromatic nitrogens is 4. The van der Waals surface area contributed by atoms with E-state index in [0.717, 1.165) is 34.4 Å². The minimum Gasteiger partial charge on any atom is -0.359 e. The van der Waals surface area contributed by atoms with E-state index >= 15 is 0 Å². The zero-order valence-electron chi connectivity index (χ0n) is 18.4. The van der Waals surface area contributed by atoms with Gasteiger partial charge in [-0.15, -0.1) is 0 Å². The van der Waals surface area contributed by atoms with Crippen LogP contribution in [0.1, 0.15) is 28.6 Å². The topological polar surface area (TPSA) is 86.8 Å². The number of benzene rings is 2. The third-order valence-corrected chi connectivity index (χ3v) is 6.97. The molecule has 1 atom stereocenters. The molecule has 7 nitrogen and oxygen atoms in total. The van der Waals surface area contributed by atoms with Crippen molar-refractivity contribution in [3.8, 4) is 0 Å². The van der Waals surface area contributed by atoms with Crippen LogP contribution in [0.3, 0.4) is 0 Å². The van der Waals surface area contributed by atoms with Crippen molar-refractivity contribution in [1.82, 2.24) is 24.8 Å². The minimum absolute atomic E-state index is 0.108.